The first kappa shape index (κ1) is 20.9. The van der Waals surface area contributed by atoms with E-state index >= 15 is 0 Å². The number of halogens is 1. The smallest absolute Gasteiger partial charge is 0.277 e. The molecule has 32 heavy (non-hydrogen) atoms. The van der Waals surface area contributed by atoms with Crippen molar-refractivity contribution >= 4 is 33.8 Å². The standard InChI is InChI=1S/C22H26FN7OS/c23-16-6-2-1-5-15(16)21-28-18(19(25)32-21)20(31)27-17-12-26-30(14-7-8-14)22(17)29-10-3-4-13(24)9-11-29/h1-2,5-6,12-14H,3-4,7-11,24-25H2,(H,27,31)/t13-/m1/s1. The maximum atomic E-state index is 14.2. The monoisotopic (exact) mass is 455 g/mol. The summed E-state index contributed by atoms with van der Waals surface area (Å²) in [6.45, 7) is 1.68. The highest BCUT2D eigenvalue weighted by Gasteiger charge is 2.32. The zero-order chi connectivity index (χ0) is 22.2. The van der Waals surface area contributed by atoms with Gasteiger partial charge in [0.1, 0.15) is 21.5 Å². The summed E-state index contributed by atoms with van der Waals surface area (Å²) < 4.78 is 16.2. The summed E-state index contributed by atoms with van der Waals surface area (Å²) in [5, 5.41) is 8.15. The Kier molecular flexibility index (Phi) is 5.56. The van der Waals surface area contributed by atoms with Crippen molar-refractivity contribution in [2.45, 2.75) is 44.2 Å². The molecule has 0 unspecified atom stereocenters. The predicted octanol–water partition coefficient (Wildman–Crippen LogP) is 3.63. The summed E-state index contributed by atoms with van der Waals surface area (Å²) in [6.07, 6.45) is 6.74. The van der Waals surface area contributed by atoms with Gasteiger partial charge in [-0.3, -0.25) is 4.79 Å². The van der Waals surface area contributed by atoms with Crippen LogP contribution in [0.1, 0.15) is 48.6 Å². The van der Waals surface area contributed by atoms with Crippen LogP contribution in [0, 0.1) is 5.82 Å². The third-order valence-corrected chi connectivity index (χ3v) is 6.87. The Balaban J connectivity index is 1.42. The van der Waals surface area contributed by atoms with E-state index < -0.39 is 11.7 Å². The fourth-order valence-corrected chi connectivity index (χ4v) is 4.96. The van der Waals surface area contributed by atoms with Crippen LogP contribution in [0.4, 0.5) is 20.9 Å². The molecule has 168 valence electrons. The van der Waals surface area contributed by atoms with E-state index in [1.165, 1.54) is 6.07 Å². The van der Waals surface area contributed by atoms with Crippen molar-refractivity contribution in [3.63, 3.8) is 0 Å². The Labute approximate surface area is 189 Å². The van der Waals surface area contributed by atoms with Crippen LogP contribution in [-0.4, -0.2) is 39.8 Å². The van der Waals surface area contributed by atoms with E-state index in [1.54, 1.807) is 24.4 Å². The molecule has 1 aromatic carbocycles. The molecule has 2 fully saturated rings. The number of anilines is 3. The van der Waals surface area contributed by atoms with Crippen molar-refractivity contribution in [2.24, 2.45) is 5.73 Å². The fourth-order valence-electron chi connectivity index (χ4n) is 4.11. The van der Waals surface area contributed by atoms with Gasteiger partial charge in [0.2, 0.25) is 0 Å². The molecule has 3 aromatic rings. The van der Waals surface area contributed by atoms with Crippen LogP contribution in [0.2, 0.25) is 0 Å². The SMILES string of the molecule is Nc1sc(-c2ccccc2F)nc1C(=O)Nc1cnn(C2CC2)c1N1CCC[C@@H](N)CC1. The lowest BCUT2D eigenvalue weighted by Gasteiger charge is -2.25. The van der Waals surface area contributed by atoms with E-state index in [9.17, 15) is 9.18 Å². The van der Waals surface area contributed by atoms with Crippen molar-refractivity contribution in [1.82, 2.24) is 14.8 Å². The fraction of sp³-hybridized carbons (Fsp3) is 0.409. The van der Waals surface area contributed by atoms with Gasteiger partial charge in [0.25, 0.3) is 5.91 Å². The molecule has 0 bridgehead atoms. The van der Waals surface area contributed by atoms with Crippen molar-refractivity contribution < 1.29 is 9.18 Å². The molecule has 3 heterocycles. The quantitative estimate of drug-likeness (QED) is 0.541. The number of carbonyl (C=O) groups is 1. The molecule has 10 heteroatoms. The highest BCUT2D eigenvalue weighted by atomic mass is 32.1. The molecule has 5 rings (SSSR count). The van der Waals surface area contributed by atoms with Crippen LogP contribution in [0.5, 0.6) is 0 Å². The van der Waals surface area contributed by atoms with E-state index in [2.05, 4.69) is 20.3 Å². The van der Waals surface area contributed by atoms with Gasteiger partial charge in [0, 0.05) is 24.7 Å². The minimum absolute atomic E-state index is 0.0938. The van der Waals surface area contributed by atoms with Crippen LogP contribution in [0.3, 0.4) is 0 Å². The second-order valence-corrected chi connectivity index (χ2v) is 9.43. The van der Waals surface area contributed by atoms with Gasteiger partial charge in [-0.25, -0.2) is 14.1 Å². The van der Waals surface area contributed by atoms with E-state index in [0.717, 1.165) is 62.3 Å². The maximum Gasteiger partial charge on any atom is 0.277 e. The molecule has 1 aliphatic carbocycles. The number of rotatable bonds is 5. The first-order chi connectivity index (χ1) is 15.5. The molecular weight excluding hydrogens is 429 g/mol. The first-order valence-electron chi connectivity index (χ1n) is 10.9. The normalized spacial score (nSPS) is 19.1. The minimum atomic E-state index is -0.426. The molecule has 8 nitrogen and oxygen atoms in total. The Morgan fingerprint density at radius 1 is 1.19 bits per heavy atom. The summed E-state index contributed by atoms with van der Waals surface area (Å²) >= 11 is 1.10. The van der Waals surface area contributed by atoms with Crippen molar-refractivity contribution in [3.05, 3.63) is 42.0 Å². The topological polar surface area (TPSA) is 115 Å². The van der Waals surface area contributed by atoms with E-state index in [1.807, 2.05) is 4.68 Å². The molecule has 0 radical (unpaired) electrons. The molecule has 1 saturated heterocycles. The Bertz CT molecular complexity index is 1140. The molecule has 5 N–H and O–H groups in total. The number of thiazole rings is 1. The van der Waals surface area contributed by atoms with Gasteiger partial charge in [0.05, 0.1) is 12.2 Å². The highest BCUT2D eigenvalue weighted by Crippen LogP contribution is 2.41. The lowest BCUT2D eigenvalue weighted by atomic mass is 10.1. The molecule has 2 aliphatic rings. The largest absolute Gasteiger partial charge is 0.389 e. The summed E-state index contributed by atoms with van der Waals surface area (Å²) in [7, 11) is 0. The third kappa shape index (κ3) is 4.07. The minimum Gasteiger partial charge on any atom is -0.389 e. The number of hydrogen-bond donors (Lipinski definition) is 3. The maximum absolute atomic E-state index is 14.2. The highest BCUT2D eigenvalue weighted by molar-refractivity contribution is 7.19. The molecule has 1 amide bonds. The summed E-state index contributed by atoms with van der Waals surface area (Å²) in [4.78, 5) is 19.7. The average molecular weight is 456 g/mol. The van der Waals surface area contributed by atoms with Gasteiger partial charge in [0.15, 0.2) is 11.5 Å². The summed E-state index contributed by atoms with van der Waals surface area (Å²) in [6, 6.07) is 6.88. The van der Waals surface area contributed by atoms with Crippen molar-refractivity contribution in [3.8, 4) is 10.6 Å². The average Bonchev–Trinajstić information content (AvgIpc) is 3.48. The van der Waals surface area contributed by atoms with Gasteiger partial charge in [-0.1, -0.05) is 23.5 Å². The molecule has 1 atom stereocenters. The lowest BCUT2D eigenvalue weighted by molar-refractivity contribution is 0.102. The van der Waals surface area contributed by atoms with E-state index in [0.29, 0.717) is 22.3 Å². The van der Waals surface area contributed by atoms with Gasteiger partial charge < -0.3 is 21.7 Å². The Morgan fingerprint density at radius 2 is 2.00 bits per heavy atom. The summed E-state index contributed by atoms with van der Waals surface area (Å²) in [5.74, 6) is 0.0862. The van der Waals surface area contributed by atoms with Gasteiger partial charge in [-0.2, -0.15) is 5.10 Å². The first-order valence-corrected chi connectivity index (χ1v) is 11.7. The van der Waals surface area contributed by atoms with Crippen LogP contribution in [0.15, 0.2) is 30.5 Å². The van der Waals surface area contributed by atoms with Crippen molar-refractivity contribution in [2.75, 3.05) is 29.0 Å². The lowest BCUT2D eigenvalue weighted by Crippen LogP contribution is -2.29. The number of nitrogen functional groups attached to an aromatic ring is 1. The zero-order valence-electron chi connectivity index (χ0n) is 17.6. The van der Waals surface area contributed by atoms with Crippen LogP contribution in [-0.2, 0) is 0 Å². The molecule has 1 saturated carbocycles. The van der Waals surface area contributed by atoms with Crippen LogP contribution in [0.25, 0.3) is 10.6 Å². The zero-order valence-corrected chi connectivity index (χ0v) is 18.4. The predicted molar refractivity (Wildman–Crippen MR) is 124 cm³/mol. The van der Waals surface area contributed by atoms with Gasteiger partial charge >= 0.3 is 0 Å². The Morgan fingerprint density at radius 3 is 2.78 bits per heavy atom. The van der Waals surface area contributed by atoms with E-state index in [-0.39, 0.29) is 16.7 Å². The number of hydrogen-bond acceptors (Lipinski definition) is 7. The van der Waals surface area contributed by atoms with Crippen molar-refractivity contribution in [1.29, 1.82) is 0 Å². The second kappa shape index (κ2) is 8.51. The Hall–Kier alpha value is -2.98. The van der Waals surface area contributed by atoms with Gasteiger partial charge in [-0.05, 0) is 44.2 Å². The van der Waals surface area contributed by atoms with Crippen LogP contribution >= 0.6 is 11.3 Å². The molecule has 1 aliphatic heterocycles. The number of benzene rings is 1. The number of nitrogens with two attached hydrogens (primary N) is 2. The molecule has 2 aromatic heterocycles. The number of nitrogens with one attached hydrogen (secondary N) is 1. The van der Waals surface area contributed by atoms with Crippen LogP contribution < -0.4 is 21.7 Å². The summed E-state index contributed by atoms with van der Waals surface area (Å²) in [5.41, 5.74) is 13.3. The van der Waals surface area contributed by atoms with E-state index in [4.69, 9.17) is 11.5 Å². The number of aromatic nitrogens is 3. The molecular formula is C22H26FN7OS. The number of nitrogens with zero attached hydrogens (tertiary/aromatic N) is 4. The number of carbonyl (C=O) groups excluding carboxylic acids is 1. The molecule has 0 spiro atoms. The second-order valence-electron chi connectivity index (χ2n) is 8.40. The third-order valence-electron chi connectivity index (χ3n) is 5.96. The van der Waals surface area contributed by atoms with Gasteiger partial charge in [-0.15, -0.1) is 0 Å². The number of amides is 1.